The number of hydrogen-bond donors (Lipinski definition) is 1. The van der Waals surface area contributed by atoms with Crippen LogP contribution in [0.5, 0.6) is 11.5 Å². The van der Waals surface area contributed by atoms with Crippen molar-refractivity contribution in [1.29, 1.82) is 0 Å². The first-order valence-corrected chi connectivity index (χ1v) is 10.7. The van der Waals surface area contributed by atoms with Gasteiger partial charge in [-0.15, -0.1) is 0 Å². The molecule has 0 fully saturated rings. The molecule has 0 aliphatic heterocycles. The highest BCUT2D eigenvalue weighted by atomic mass is 16.5. The molecule has 1 atom stereocenters. The Morgan fingerprint density at radius 2 is 2.03 bits per heavy atom. The minimum atomic E-state index is -0.0381. The van der Waals surface area contributed by atoms with Crippen LogP contribution in [-0.2, 0) is 17.6 Å². The molecule has 1 amide bonds. The zero-order chi connectivity index (χ0) is 22.0. The van der Waals surface area contributed by atoms with Crippen LogP contribution in [0.15, 0.2) is 42.6 Å². The Bertz CT molecular complexity index is 1100. The van der Waals surface area contributed by atoms with Crippen molar-refractivity contribution in [2.45, 2.75) is 45.6 Å². The Morgan fingerprint density at radius 1 is 1.19 bits per heavy atom. The van der Waals surface area contributed by atoms with Gasteiger partial charge in [0.25, 0.3) is 0 Å². The molecule has 0 unspecified atom stereocenters. The quantitative estimate of drug-likeness (QED) is 0.649. The molecular weight excluding hydrogens is 390 g/mol. The molecule has 162 valence electrons. The van der Waals surface area contributed by atoms with Crippen LogP contribution in [0.1, 0.15) is 46.8 Å². The number of rotatable bonds is 6. The number of carbonyl (C=O) groups is 1. The van der Waals surface area contributed by atoms with E-state index in [0.717, 1.165) is 36.1 Å². The van der Waals surface area contributed by atoms with Gasteiger partial charge in [-0.1, -0.05) is 12.1 Å². The van der Waals surface area contributed by atoms with Gasteiger partial charge in [0.05, 0.1) is 38.6 Å². The van der Waals surface area contributed by atoms with Crippen molar-refractivity contribution >= 4 is 5.91 Å². The highest BCUT2D eigenvalue weighted by Crippen LogP contribution is 2.32. The van der Waals surface area contributed by atoms with E-state index in [1.807, 2.05) is 29.1 Å². The van der Waals surface area contributed by atoms with Crippen LogP contribution in [-0.4, -0.2) is 29.9 Å². The predicted octanol–water partition coefficient (Wildman–Crippen LogP) is 4.24. The minimum absolute atomic E-state index is 0.0354. The summed E-state index contributed by atoms with van der Waals surface area (Å²) in [7, 11) is 3.22. The maximum Gasteiger partial charge on any atom is 0.225 e. The van der Waals surface area contributed by atoms with Gasteiger partial charge in [0, 0.05) is 16.8 Å². The third-order valence-electron chi connectivity index (χ3n) is 6.16. The molecule has 0 saturated carbocycles. The number of hydrogen-bond acceptors (Lipinski definition) is 4. The molecule has 31 heavy (non-hydrogen) atoms. The van der Waals surface area contributed by atoms with E-state index in [1.54, 1.807) is 14.2 Å². The van der Waals surface area contributed by atoms with Gasteiger partial charge in [-0.3, -0.25) is 4.79 Å². The molecule has 1 aliphatic rings. The first-order chi connectivity index (χ1) is 15.0. The Hall–Kier alpha value is -3.28. The summed E-state index contributed by atoms with van der Waals surface area (Å²) in [5.41, 5.74) is 6.68. The van der Waals surface area contributed by atoms with E-state index in [-0.39, 0.29) is 18.4 Å². The molecule has 1 aromatic heterocycles. The fourth-order valence-electron chi connectivity index (χ4n) is 4.32. The lowest BCUT2D eigenvalue weighted by molar-refractivity contribution is -0.121. The zero-order valence-electron chi connectivity index (χ0n) is 18.6. The van der Waals surface area contributed by atoms with E-state index >= 15 is 0 Å². The molecule has 4 rings (SSSR count). The molecule has 1 aliphatic carbocycles. The first-order valence-electron chi connectivity index (χ1n) is 10.7. The predicted molar refractivity (Wildman–Crippen MR) is 120 cm³/mol. The van der Waals surface area contributed by atoms with Crippen LogP contribution >= 0.6 is 0 Å². The van der Waals surface area contributed by atoms with Crippen molar-refractivity contribution < 1.29 is 14.3 Å². The number of nitrogens with zero attached hydrogens (tertiary/aromatic N) is 2. The maximum atomic E-state index is 12.9. The largest absolute Gasteiger partial charge is 0.497 e. The number of aromatic nitrogens is 2. The normalized spacial score (nSPS) is 15.3. The van der Waals surface area contributed by atoms with Gasteiger partial charge in [-0.25, -0.2) is 4.68 Å². The highest BCUT2D eigenvalue weighted by Gasteiger charge is 2.27. The van der Waals surface area contributed by atoms with Crippen molar-refractivity contribution in [2.24, 2.45) is 0 Å². The van der Waals surface area contributed by atoms with Gasteiger partial charge in [-0.2, -0.15) is 5.10 Å². The third kappa shape index (κ3) is 4.15. The summed E-state index contributed by atoms with van der Waals surface area (Å²) in [6.07, 6.45) is 5.02. The number of amides is 1. The molecule has 6 nitrogen and oxygen atoms in total. The number of ether oxygens (including phenoxy) is 2. The van der Waals surface area contributed by atoms with Gasteiger partial charge >= 0.3 is 0 Å². The van der Waals surface area contributed by atoms with Gasteiger partial charge in [0.2, 0.25) is 5.91 Å². The fraction of sp³-hybridized carbons (Fsp3) is 0.360. The molecule has 0 radical (unpaired) electrons. The molecule has 0 bridgehead atoms. The van der Waals surface area contributed by atoms with Crippen LogP contribution in [0.25, 0.3) is 5.69 Å². The Balaban J connectivity index is 1.55. The average Bonchev–Trinajstić information content (AvgIpc) is 3.20. The zero-order valence-corrected chi connectivity index (χ0v) is 18.6. The second-order valence-corrected chi connectivity index (χ2v) is 8.04. The van der Waals surface area contributed by atoms with Gasteiger partial charge < -0.3 is 14.8 Å². The van der Waals surface area contributed by atoms with Crippen LogP contribution in [0.2, 0.25) is 0 Å². The lowest BCUT2D eigenvalue weighted by Crippen LogP contribution is -2.32. The number of carbonyl (C=O) groups excluding carboxylic acids is 1. The number of benzene rings is 2. The average molecular weight is 420 g/mol. The minimum Gasteiger partial charge on any atom is -0.497 e. The summed E-state index contributed by atoms with van der Waals surface area (Å²) >= 11 is 0. The fourth-order valence-corrected chi connectivity index (χ4v) is 4.32. The van der Waals surface area contributed by atoms with Gasteiger partial charge in [0.15, 0.2) is 0 Å². The van der Waals surface area contributed by atoms with Crippen LogP contribution in [0.4, 0.5) is 0 Å². The van der Waals surface area contributed by atoms with Crippen molar-refractivity contribution in [3.05, 3.63) is 70.5 Å². The van der Waals surface area contributed by atoms with Crippen molar-refractivity contribution in [1.82, 2.24) is 15.1 Å². The van der Waals surface area contributed by atoms with Crippen molar-refractivity contribution in [2.75, 3.05) is 14.2 Å². The number of methoxy groups -OCH3 is 2. The van der Waals surface area contributed by atoms with E-state index in [1.165, 1.54) is 16.8 Å². The number of fused-ring (bicyclic) bond motifs is 1. The van der Waals surface area contributed by atoms with E-state index in [4.69, 9.17) is 14.6 Å². The standard InChI is InChI=1S/C25H29N3O3/c1-16-7-5-9-22(17(16)2)28-23-10-6-8-21(20(23)15-26-28)27-25(29)14-18-13-19(30-3)11-12-24(18)31-4/h5,7,9,11-13,15,21H,6,8,10,14H2,1-4H3,(H,27,29)/t21-/m0/s1. The summed E-state index contributed by atoms with van der Waals surface area (Å²) < 4.78 is 12.8. The Morgan fingerprint density at radius 3 is 2.81 bits per heavy atom. The summed E-state index contributed by atoms with van der Waals surface area (Å²) in [6.45, 7) is 4.24. The number of nitrogens with one attached hydrogen (secondary N) is 1. The monoisotopic (exact) mass is 419 g/mol. The Labute approximate surface area is 183 Å². The second kappa shape index (κ2) is 8.84. The van der Waals surface area contributed by atoms with Crippen LogP contribution < -0.4 is 14.8 Å². The smallest absolute Gasteiger partial charge is 0.225 e. The highest BCUT2D eigenvalue weighted by molar-refractivity contribution is 5.80. The topological polar surface area (TPSA) is 65.4 Å². The Kier molecular flexibility index (Phi) is 5.98. The van der Waals surface area contributed by atoms with Crippen LogP contribution in [0.3, 0.4) is 0 Å². The van der Waals surface area contributed by atoms with Crippen molar-refractivity contribution in [3.63, 3.8) is 0 Å². The van der Waals surface area contributed by atoms with E-state index in [2.05, 4.69) is 37.4 Å². The molecule has 2 aromatic carbocycles. The van der Waals surface area contributed by atoms with E-state index in [0.29, 0.717) is 11.5 Å². The third-order valence-corrected chi connectivity index (χ3v) is 6.16. The SMILES string of the molecule is COc1ccc(OC)c(CC(=O)N[C@H]2CCCc3c2cnn3-c2cccc(C)c2C)c1. The summed E-state index contributed by atoms with van der Waals surface area (Å²) in [4.78, 5) is 12.9. The molecular formula is C25H29N3O3. The lowest BCUT2D eigenvalue weighted by Gasteiger charge is -2.25. The molecule has 6 heteroatoms. The molecule has 1 heterocycles. The molecule has 1 N–H and O–H groups in total. The molecule has 3 aromatic rings. The summed E-state index contributed by atoms with van der Waals surface area (Å²) in [5, 5.41) is 7.90. The van der Waals surface area contributed by atoms with Gasteiger partial charge in [0.1, 0.15) is 11.5 Å². The second-order valence-electron chi connectivity index (χ2n) is 8.04. The lowest BCUT2D eigenvalue weighted by atomic mass is 9.92. The van der Waals surface area contributed by atoms with Crippen LogP contribution in [0, 0.1) is 13.8 Å². The first kappa shape index (κ1) is 21.0. The van der Waals surface area contributed by atoms with E-state index < -0.39 is 0 Å². The molecule has 0 spiro atoms. The summed E-state index contributed by atoms with van der Waals surface area (Å²) in [6, 6.07) is 11.8. The molecule has 0 saturated heterocycles. The van der Waals surface area contributed by atoms with Crippen molar-refractivity contribution in [3.8, 4) is 17.2 Å². The van der Waals surface area contributed by atoms with Gasteiger partial charge in [-0.05, 0) is 68.5 Å². The van der Waals surface area contributed by atoms with E-state index in [9.17, 15) is 4.79 Å². The maximum absolute atomic E-state index is 12.9. The summed E-state index contributed by atoms with van der Waals surface area (Å²) in [5.74, 6) is 1.35. The number of aryl methyl sites for hydroxylation is 1.